The summed E-state index contributed by atoms with van der Waals surface area (Å²) in [5.41, 5.74) is 1.69. The van der Waals surface area contributed by atoms with Crippen LogP contribution in [0.15, 0.2) is 29.4 Å². The maximum absolute atomic E-state index is 15.2. The quantitative estimate of drug-likeness (QED) is 0.335. The third kappa shape index (κ3) is 4.15. The number of imide groups is 1. The van der Waals surface area contributed by atoms with E-state index in [1.165, 1.54) is 7.11 Å². The van der Waals surface area contributed by atoms with Crippen molar-refractivity contribution in [2.45, 2.75) is 52.4 Å². The lowest BCUT2D eigenvalue weighted by atomic mass is 9.93. The Morgan fingerprint density at radius 2 is 1.87 bits per heavy atom. The standard InChI is InChI=1S/C22H25ClFNO5/c1-5-29-22(28-4)30-19-15(10-12(2)3)18(17(24)11-16(19)23)25-20(26)13-8-6-7-9-14(13)21(25)27/h11,22H,2,5-10H2,1,3-4H3. The number of carbonyl (C=O) groups is 2. The number of hydrogen-bond acceptors (Lipinski definition) is 5. The average molecular weight is 438 g/mol. The minimum atomic E-state index is -1.09. The van der Waals surface area contributed by atoms with Crippen molar-refractivity contribution in [2.75, 3.05) is 18.6 Å². The highest BCUT2D eigenvalue weighted by Gasteiger charge is 2.42. The van der Waals surface area contributed by atoms with E-state index in [1.807, 2.05) is 0 Å². The third-order valence-electron chi connectivity index (χ3n) is 5.06. The molecule has 0 spiro atoms. The molecule has 0 fully saturated rings. The Labute approximate surface area is 180 Å². The molecule has 3 rings (SSSR count). The fourth-order valence-electron chi connectivity index (χ4n) is 3.80. The molecule has 8 heteroatoms. The van der Waals surface area contributed by atoms with Crippen molar-refractivity contribution < 1.29 is 28.2 Å². The maximum atomic E-state index is 15.2. The summed E-state index contributed by atoms with van der Waals surface area (Å²) in [4.78, 5) is 27.0. The van der Waals surface area contributed by atoms with E-state index in [1.54, 1.807) is 13.8 Å². The number of halogens is 2. The van der Waals surface area contributed by atoms with Gasteiger partial charge < -0.3 is 14.2 Å². The predicted octanol–water partition coefficient (Wildman–Crippen LogP) is 4.69. The van der Waals surface area contributed by atoms with Gasteiger partial charge in [-0.1, -0.05) is 23.8 Å². The molecule has 0 N–H and O–H groups in total. The summed E-state index contributed by atoms with van der Waals surface area (Å²) in [7, 11) is 1.39. The molecular weight excluding hydrogens is 413 g/mol. The predicted molar refractivity (Wildman–Crippen MR) is 111 cm³/mol. The van der Waals surface area contributed by atoms with Crippen LogP contribution in [-0.2, 0) is 25.5 Å². The Kier molecular flexibility index (Phi) is 6.95. The number of amides is 2. The van der Waals surface area contributed by atoms with Crippen LogP contribution in [0.4, 0.5) is 10.1 Å². The Hall–Kier alpha value is -2.22. The van der Waals surface area contributed by atoms with Gasteiger partial charge in [0.05, 0.1) is 17.3 Å². The first-order valence-electron chi connectivity index (χ1n) is 9.87. The molecule has 2 amide bonds. The SMILES string of the molecule is C=C(C)Cc1c(OC(OC)OCC)c(Cl)cc(F)c1N1C(=O)C2=C(CCCC2)C1=O. The van der Waals surface area contributed by atoms with Crippen LogP contribution >= 0.6 is 11.6 Å². The molecule has 1 aliphatic heterocycles. The minimum absolute atomic E-state index is 0.0222. The van der Waals surface area contributed by atoms with Gasteiger partial charge in [-0.05, 0) is 52.0 Å². The summed E-state index contributed by atoms with van der Waals surface area (Å²) in [6.07, 6.45) is 2.82. The van der Waals surface area contributed by atoms with Gasteiger partial charge in [-0.25, -0.2) is 9.29 Å². The third-order valence-corrected chi connectivity index (χ3v) is 5.34. The molecule has 1 aromatic rings. The molecular formula is C22H25ClFNO5. The van der Waals surface area contributed by atoms with Crippen LogP contribution in [0.3, 0.4) is 0 Å². The fraction of sp³-hybridized carbons (Fsp3) is 0.455. The molecule has 30 heavy (non-hydrogen) atoms. The van der Waals surface area contributed by atoms with Crippen LogP contribution in [0.1, 0.15) is 45.1 Å². The van der Waals surface area contributed by atoms with Gasteiger partial charge in [0, 0.05) is 23.8 Å². The van der Waals surface area contributed by atoms with E-state index >= 15 is 4.39 Å². The monoisotopic (exact) mass is 437 g/mol. The van der Waals surface area contributed by atoms with Gasteiger partial charge in [0.25, 0.3) is 11.8 Å². The van der Waals surface area contributed by atoms with Crippen LogP contribution in [0.25, 0.3) is 0 Å². The Morgan fingerprint density at radius 3 is 2.37 bits per heavy atom. The lowest BCUT2D eigenvalue weighted by molar-refractivity contribution is -0.231. The normalized spacial score (nSPS) is 17.4. The highest BCUT2D eigenvalue weighted by molar-refractivity contribution is 6.34. The number of methoxy groups -OCH3 is 1. The Bertz CT molecular complexity index is 899. The van der Waals surface area contributed by atoms with Crippen molar-refractivity contribution in [3.8, 4) is 5.75 Å². The van der Waals surface area contributed by atoms with Gasteiger partial charge in [-0.15, -0.1) is 0 Å². The van der Waals surface area contributed by atoms with E-state index in [9.17, 15) is 9.59 Å². The zero-order valence-electron chi connectivity index (χ0n) is 17.3. The van der Waals surface area contributed by atoms with Crippen LogP contribution in [0.5, 0.6) is 5.75 Å². The number of allylic oxidation sites excluding steroid dienone is 1. The van der Waals surface area contributed by atoms with E-state index in [4.69, 9.17) is 25.8 Å². The van der Waals surface area contributed by atoms with Crippen LogP contribution in [0, 0.1) is 5.82 Å². The van der Waals surface area contributed by atoms with E-state index in [0.717, 1.165) is 23.8 Å². The Morgan fingerprint density at radius 1 is 1.27 bits per heavy atom. The summed E-state index contributed by atoms with van der Waals surface area (Å²) in [6, 6.07) is 1.03. The number of carbonyl (C=O) groups excluding carboxylic acids is 2. The number of hydrogen-bond donors (Lipinski definition) is 0. The smallest absolute Gasteiger partial charge is 0.315 e. The van der Waals surface area contributed by atoms with Gasteiger partial charge in [-0.3, -0.25) is 9.59 Å². The molecule has 1 heterocycles. The number of anilines is 1. The van der Waals surface area contributed by atoms with Gasteiger partial charge in [-0.2, -0.15) is 0 Å². The second-order valence-corrected chi connectivity index (χ2v) is 7.75. The minimum Gasteiger partial charge on any atom is -0.439 e. The second-order valence-electron chi connectivity index (χ2n) is 7.34. The molecule has 2 aliphatic rings. The summed E-state index contributed by atoms with van der Waals surface area (Å²) in [5.74, 6) is -1.67. The molecule has 0 aromatic heterocycles. The second kappa shape index (κ2) is 9.29. The van der Waals surface area contributed by atoms with E-state index in [0.29, 0.717) is 36.2 Å². The first-order valence-corrected chi connectivity index (χ1v) is 10.2. The lowest BCUT2D eigenvalue weighted by Gasteiger charge is -2.25. The first kappa shape index (κ1) is 22.5. The molecule has 162 valence electrons. The molecule has 0 saturated carbocycles. The van der Waals surface area contributed by atoms with Crippen LogP contribution in [-0.4, -0.2) is 32.0 Å². The first-order chi connectivity index (χ1) is 14.3. The van der Waals surface area contributed by atoms with Crippen molar-refractivity contribution in [1.29, 1.82) is 0 Å². The van der Waals surface area contributed by atoms with Crippen LogP contribution < -0.4 is 9.64 Å². The maximum Gasteiger partial charge on any atom is 0.315 e. The average Bonchev–Trinajstić information content (AvgIpc) is 2.95. The molecule has 0 radical (unpaired) electrons. The largest absolute Gasteiger partial charge is 0.439 e. The van der Waals surface area contributed by atoms with Crippen molar-refractivity contribution in [3.63, 3.8) is 0 Å². The molecule has 1 atom stereocenters. The van der Waals surface area contributed by atoms with E-state index in [-0.39, 0.29) is 28.4 Å². The molecule has 1 aromatic carbocycles. The van der Waals surface area contributed by atoms with Gasteiger partial charge in [0.15, 0.2) is 0 Å². The number of benzene rings is 1. The van der Waals surface area contributed by atoms with Crippen molar-refractivity contribution in [1.82, 2.24) is 0 Å². The van der Waals surface area contributed by atoms with Crippen molar-refractivity contribution in [2.24, 2.45) is 0 Å². The zero-order chi connectivity index (χ0) is 22.0. The molecule has 1 unspecified atom stereocenters. The molecule has 6 nitrogen and oxygen atoms in total. The summed E-state index contributed by atoms with van der Waals surface area (Å²) in [6.45, 7) is 6.61. The van der Waals surface area contributed by atoms with E-state index < -0.39 is 24.1 Å². The number of nitrogens with zero attached hydrogens (tertiary/aromatic N) is 1. The molecule has 0 bridgehead atoms. The summed E-state index contributed by atoms with van der Waals surface area (Å²) in [5, 5.41) is -0.0222. The van der Waals surface area contributed by atoms with Gasteiger partial charge >= 0.3 is 6.48 Å². The summed E-state index contributed by atoms with van der Waals surface area (Å²) < 4.78 is 31.5. The number of rotatable bonds is 8. The molecule has 1 aliphatic carbocycles. The van der Waals surface area contributed by atoms with Crippen molar-refractivity contribution >= 4 is 29.1 Å². The van der Waals surface area contributed by atoms with Crippen LogP contribution in [0.2, 0.25) is 5.02 Å². The van der Waals surface area contributed by atoms with E-state index in [2.05, 4.69) is 6.58 Å². The lowest BCUT2D eigenvalue weighted by Crippen LogP contribution is -2.34. The number of ether oxygens (including phenoxy) is 3. The Balaban J connectivity index is 2.14. The fourth-order valence-corrected chi connectivity index (χ4v) is 4.06. The highest BCUT2D eigenvalue weighted by atomic mass is 35.5. The van der Waals surface area contributed by atoms with Gasteiger partial charge in [0.2, 0.25) is 0 Å². The van der Waals surface area contributed by atoms with Gasteiger partial charge in [0.1, 0.15) is 11.6 Å². The van der Waals surface area contributed by atoms with Crippen molar-refractivity contribution in [3.05, 3.63) is 45.8 Å². The topological polar surface area (TPSA) is 65.1 Å². The molecule has 0 saturated heterocycles. The summed E-state index contributed by atoms with van der Waals surface area (Å²) >= 11 is 6.29. The zero-order valence-corrected chi connectivity index (χ0v) is 18.1. The highest BCUT2D eigenvalue weighted by Crippen LogP contribution is 2.44.